The number of amides is 2. The predicted molar refractivity (Wildman–Crippen MR) is 114 cm³/mol. The summed E-state index contributed by atoms with van der Waals surface area (Å²) in [4.78, 5) is 40.2. The molecule has 2 N–H and O–H groups in total. The van der Waals surface area contributed by atoms with E-state index in [0.717, 1.165) is 25.9 Å². The molecular weight excluding hydrogens is 382 g/mol. The molecule has 1 aromatic rings. The molecular formula is C23H33N3O4. The molecule has 2 fully saturated rings. The Balaban J connectivity index is 1.74. The van der Waals surface area contributed by atoms with Gasteiger partial charge in [0, 0.05) is 12.1 Å². The van der Waals surface area contributed by atoms with Gasteiger partial charge in [0.25, 0.3) is 5.91 Å². The maximum absolute atomic E-state index is 13.3. The zero-order chi connectivity index (χ0) is 21.8. The Bertz CT molecular complexity index is 768. The minimum atomic E-state index is -1.02. The highest BCUT2D eigenvalue weighted by molar-refractivity contribution is 5.97. The van der Waals surface area contributed by atoms with Gasteiger partial charge in [0.15, 0.2) is 11.5 Å². The molecule has 2 aliphatic rings. The van der Waals surface area contributed by atoms with Crippen molar-refractivity contribution in [1.29, 1.82) is 0 Å². The van der Waals surface area contributed by atoms with E-state index in [-0.39, 0.29) is 36.0 Å². The van der Waals surface area contributed by atoms with E-state index in [1.807, 2.05) is 26.8 Å². The Morgan fingerprint density at radius 2 is 1.83 bits per heavy atom. The van der Waals surface area contributed by atoms with Gasteiger partial charge in [0.2, 0.25) is 5.91 Å². The first-order valence-electron chi connectivity index (χ1n) is 10.7. The van der Waals surface area contributed by atoms with Crippen molar-refractivity contribution < 1.29 is 19.1 Å². The second kappa shape index (κ2) is 9.27. The Kier molecular flexibility index (Phi) is 6.93. The lowest BCUT2D eigenvalue weighted by molar-refractivity contribution is -0.134. The lowest BCUT2D eigenvalue weighted by Crippen LogP contribution is -2.60. The lowest BCUT2D eigenvalue weighted by atomic mass is 9.87. The zero-order valence-corrected chi connectivity index (χ0v) is 18.2. The molecule has 0 aliphatic carbocycles. The standard InChI is InChI=1S/C23H33N3O4/c1-22(2,3)14-19(24-20(28)17-9-5-4-6-10-17)21(29)25-23(13-18(27)15-30-23)16-26-11-7-8-12-26/h4-6,9-10,19H,7-8,11-16H2,1-3H3,(H,24,28)(H,25,29). The molecule has 164 valence electrons. The van der Waals surface area contributed by atoms with Crippen molar-refractivity contribution in [2.75, 3.05) is 26.2 Å². The number of nitrogens with one attached hydrogen (secondary N) is 2. The summed E-state index contributed by atoms with van der Waals surface area (Å²) in [5.41, 5.74) is -0.699. The third kappa shape index (κ3) is 6.12. The summed E-state index contributed by atoms with van der Waals surface area (Å²) in [6.07, 6.45) is 2.84. The fraction of sp³-hybridized carbons (Fsp3) is 0.609. The first kappa shape index (κ1) is 22.4. The quantitative estimate of drug-likeness (QED) is 0.712. The molecule has 30 heavy (non-hydrogen) atoms. The van der Waals surface area contributed by atoms with Crippen LogP contribution in [0.4, 0.5) is 0 Å². The van der Waals surface area contributed by atoms with Crippen LogP contribution in [0.1, 0.15) is 56.8 Å². The number of carbonyl (C=O) groups excluding carboxylic acids is 3. The van der Waals surface area contributed by atoms with Gasteiger partial charge in [0.1, 0.15) is 12.6 Å². The Labute approximate surface area is 178 Å². The van der Waals surface area contributed by atoms with E-state index in [0.29, 0.717) is 18.5 Å². The molecule has 1 aromatic carbocycles. The van der Waals surface area contributed by atoms with Crippen molar-refractivity contribution in [2.45, 2.75) is 58.2 Å². The third-order valence-corrected chi connectivity index (χ3v) is 5.50. The van der Waals surface area contributed by atoms with Crippen molar-refractivity contribution in [3.8, 4) is 0 Å². The lowest BCUT2D eigenvalue weighted by Gasteiger charge is -2.35. The smallest absolute Gasteiger partial charge is 0.251 e. The van der Waals surface area contributed by atoms with Gasteiger partial charge < -0.3 is 15.4 Å². The van der Waals surface area contributed by atoms with Gasteiger partial charge in [0.05, 0.1) is 6.42 Å². The van der Waals surface area contributed by atoms with Crippen LogP contribution in [0.15, 0.2) is 30.3 Å². The summed E-state index contributed by atoms with van der Waals surface area (Å²) in [5.74, 6) is -0.629. The molecule has 7 nitrogen and oxygen atoms in total. The maximum atomic E-state index is 13.3. The van der Waals surface area contributed by atoms with Crippen LogP contribution >= 0.6 is 0 Å². The van der Waals surface area contributed by atoms with Gasteiger partial charge in [-0.3, -0.25) is 19.3 Å². The van der Waals surface area contributed by atoms with Gasteiger partial charge in [-0.2, -0.15) is 0 Å². The number of benzene rings is 1. The van der Waals surface area contributed by atoms with Gasteiger partial charge >= 0.3 is 0 Å². The topological polar surface area (TPSA) is 87.7 Å². The molecule has 2 unspecified atom stereocenters. The molecule has 0 saturated carbocycles. The summed E-state index contributed by atoms with van der Waals surface area (Å²) in [6, 6.07) is 8.12. The van der Waals surface area contributed by atoms with Crippen molar-refractivity contribution in [3.05, 3.63) is 35.9 Å². The Morgan fingerprint density at radius 3 is 2.40 bits per heavy atom. The van der Waals surface area contributed by atoms with E-state index in [2.05, 4.69) is 15.5 Å². The largest absolute Gasteiger partial charge is 0.346 e. The minimum Gasteiger partial charge on any atom is -0.346 e. The van der Waals surface area contributed by atoms with Crippen molar-refractivity contribution in [2.24, 2.45) is 5.41 Å². The van der Waals surface area contributed by atoms with Crippen LogP contribution in [0.3, 0.4) is 0 Å². The van der Waals surface area contributed by atoms with Gasteiger partial charge in [-0.1, -0.05) is 39.0 Å². The van der Waals surface area contributed by atoms with E-state index in [9.17, 15) is 14.4 Å². The number of hydrogen-bond acceptors (Lipinski definition) is 5. The second-order valence-electron chi connectivity index (χ2n) is 9.63. The van der Waals surface area contributed by atoms with Gasteiger partial charge in [-0.15, -0.1) is 0 Å². The van der Waals surface area contributed by atoms with Gasteiger partial charge in [-0.05, 0) is 49.9 Å². The highest BCUT2D eigenvalue weighted by Crippen LogP contribution is 2.26. The van der Waals surface area contributed by atoms with Gasteiger partial charge in [-0.25, -0.2) is 0 Å². The number of Topliss-reactive ketones (excluding diaryl/α,β-unsaturated/α-hetero) is 1. The SMILES string of the molecule is CC(C)(C)CC(NC(=O)c1ccccc1)C(=O)NC1(CN2CCCC2)CC(=O)CO1. The fourth-order valence-electron chi connectivity index (χ4n) is 4.13. The van der Waals surface area contributed by atoms with E-state index in [1.165, 1.54) is 0 Å². The number of hydrogen-bond donors (Lipinski definition) is 2. The van der Waals surface area contributed by atoms with E-state index >= 15 is 0 Å². The average Bonchev–Trinajstić information content (AvgIpc) is 3.31. The molecule has 0 bridgehead atoms. The zero-order valence-electron chi connectivity index (χ0n) is 18.2. The van der Waals surface area contributed by atoms with Crippen LogP contribution in [0.25, 0.3) is 0 Å². The molecule has 2 saturated heterocycles. The number of rotatable bonds is 7. The summed E-state index contributed by atoms with van der Waals surface area (Å²) < 4.78 is 5.82. The highest BCUT2D eigenvalue weighted by atomic mass is 16.5. The normalized spacial score (nSPS) is 23.4. The summed E-state index contributed by atoms with van der Waals surface area (Å²) in [6.45, 7) is 8.44. The predicted octanol–water partition coefficient (Wildman–Crippen LogP) is 2.12. The molecule has 7 heteroatoms. The highest BCUT2D eigenvalue weighted by Gasteiger charge is 2.44. The molecule has 2 atom stereocenters. The van der Waals surface area contributed by atoms with Crippen LogP contribution in [0, 0.1) is 5.41 Å². The number of likely N-dealkylation sites (tertiary alicyclic amines) is 1. The number of ether oxygens (including phenoxy) is 1. The molecule has 3 rings (SSSR count). The summed E-state index contributed by atoms with van der Waals surface area (Å²) >= 11 is 0. The van der Waals surface area contributed by atoms with Crippen molar-refractivity contribution in [3.63, 3.8) is 0 Å². The fourth-order valence-corrected chi connectivity index (χ4v) is 4.13. The van der Waals surface area contributed by atoms with Crippen LogP contribution in [0.2, 0.25) is 0 Å². The monoisotopic (exact) mass is 415 g/mol. The van der Waals surface area contributed by atoms with Crippen molar-refractivity contribution in [1.82, 2.24) is 15.5 Å². The average molecular weight is 416 g/mol. The molecule has 0 spiro atoms. The Hall–Kier alpha value is -2.25. The first-order chi connectivity index (χ1) is 14.2. The van der Waals surface area contributed by atoms with Crippen LogP contribution < -0.4 is 10.6 Å². The molecule has 2 heterocycles. The van der Waals surface area contributed by atoms with Crippen LogP contribution in [0.5, 0.6) is 0 Å². The second-order valence-corrected chi connectivity index (χ2v) is 9.63. The number of nitrogens with zero attached hydrogens (tertiary/aromatic N) is 1. The number of carbonyl (C=O) groups is 3. The Morgan fingerprint density at radius 1 is 1.17 bits per heavy atom. The molecule has 2 amide bonds. The molecule has 2 aliphatic heterocycles. The molecule has 0 radical (unpaired) electrons. The third-order valence-electron chi connectivity index (χ3n) is 5.50. The summed E-state index contributed by atoms with van der Waals surface area (Å²) in [7, 11) is 0. The van der Waals surface area contributed by atoms with E-state index < -0.39 is 11.8 Å². The minimum absolute atomic E-state index is 0.00837. The van der Waals surface area contributed by atoms with Crippen molar-refractivity contribution >= 4 is 17.6 Å². The van der Waals surface area contributed by atoms with E-state index in [1.54, 1.807) is 24.3 Å². The maximum Gasteiger partial charge on any atom is 0.251 e. The van der Waals surface area contributed by atoms with Crippen LogP contribution in [-0.4, -0.2) is 60.5 Å². The van der Waals surface area contributed by atoms with E-state index in [4.69, 9.17) is 4.74 Å². The first-order valence-corrected chi connectivity index (χ1v) is 10.7. The number of ketones is 1. The van der Waals surface area contributed by atoms with Crippen LogP contribution in [-0.2, 0) is 14.3 Å². The molecule has 0 aromatic heterocycles. The summed E-state index contributed by atoms with van der Waals surface area (Å²) in [5, 5.41) is 5.87.